The number of aryl methyl sites for hydroxylation is 1. The van der Waals surface area contributed by atoms with Crippen molar-refractivity contribution in [1.29, 1.82) is 0 Å². The van der Waals surface area contributed by atoms with Crippen LogP contribution in [0.3, 0.4) is 0 Å². The van der Waals surface area contributed by atoms with Crippen LogP contribution in [0.2, 0.25) is 0 Å². The van der Waals surface area contributed by atoms with Crippen LogP contribution in [0.1, 0.15) is 84.0 Å². The van der Waals surface area contributed by atoms with Crippen LogP contribution in [0.15, 0.2) is 42.5 Å². The smallest absolute Gasteiger partial charge is 0.408 e. The maximum atomic E-state index is 14.7. The number of rotatable bonds is 13. The Bertz CT molecular complexity index is 1300. The van der Waals surface area contributed by atoms with Crippen LogP contribution in [-0.4, -0.2) is 69.3 Å². The van der Waals surface area contributed by atoms with Crippen molar-refractivity contribution in [3.8, 4) is 11.5 Å². The van der Waals surface area contributed by atoms with Crippen molar-refractivity contribution in [2.75, 3.05) is 13.2 Å². The normalized spacial score (nSPS) is 12.9. The summed E-state index contributed by atoms with van der Waals surface area (Å²) in [6.07, 6.45) is -0.378. The van der Waals surface area contributed by atoms with Gasteiger partial charge in [0.15, 0.2) is 0 Å². The number of esters is 1. The van der Waals surface area contributed by atoms with E-state index in [4.69, 9.17) is 9.47 Å². The summed E-state index contributed by atoms with van der Waals surface area (Å²) >= 11 is 0. The minimum Gasteiger partial charge on any atom is -0.508 e. The summed E-state index contributed by atoms with van der Waals surface area (Å²) in [5.41, 5.74) is -0.147. The third-order valence-electron chi connectivity index (χ3n) is 7.10. The summed E-state index contributed by atoms with van der Waals surface area (Å²) < 4.78 is 10.4. The Morgan fingerprint density at radius 2 is 1.59 bits per heavy atom. The fraction of sp³-hybridized carbons (Fsp3) is 0.515. The van der Waals surface area contributed by atoms with E-state index in [0.29, 0.717) is 23.1 Å². The lowest BCUT2D eigenvalue weighted by molar-refractivity contribution is -0.149. The van der Waals surface area contributed by atoms with E-state index in [1.54, 1.807) is 58.9 Å². The molecular formula is C33H47N3O8. The Hall–Kier alpha value is -4.28. The van der Waals surface area contributed by atoms with Crippen molar-refractivity contribution in [3.63, 3.8) is 0 Å². The van der Waals surface area contributed by atoms with Gasteiger partial charge in [-0.1, -0.05) is 25.1 Å². The Balaban J connectivity index is 2.64. The first-order chi connectivity index (χ1) is 20.5. The second-order valence-electron chi connectivity index (χ2n) is 12.2. The molecule has 2 rings (SSSR count). The fourth-order valence-corrected chi connectivity index (χ4v) is 4.51. The molecule has 0 bridgehead atoms. The predicted molar refractivity (Wildman–Crippen MR) is 166 cm³/mol. The number of nitrogens with zero attached hydrogens (tertiary/aromatic N) is 1. The van der Waals surface area contributed by atoms with Gasteiger partial charge in [0, 0.05) is 18.5 Å². The lowest BCUT2D eigenvalue weighted by Gasteiger charge is -2.44. The van der Waals surface area contributed by atoms with E-state index < -0.39 is 47.1 Å². The number of carbonyl (C=O) groups is 4. The van der Waals surface area contributed by atoms with Crippen LogP contribution in [-0.2, 0) is 30.3 Å². The standard InChI is InChI=1S/C33H47N3O8/c1-9-33(7,8)36(28(23-13-16-26(38)21(3)19-23)29(40)34-18-17-27(39)43-10-2)30(41)25(35-31(42)44-32(4,5)6)20-22-11-14-24(37)15-12-22/h11-16,19,25,28,37-38H,9-10,17-18,20H2,1-8H3,(H,34,40)(H,35,42). The monoisotopic (exact) mass is 613 g/mol. The van der Waals surface area contributed by atoms with Crippen LogP contribution in [0.25, 0.3) is 0 Å². The lowest BCUT2D eigenvalue weighted by Crippen LogP contribution is -2.60. The quantitative estimate of drug-likeness (QED) is 0.238. The highest BCUT2D eigenvalue weighted by Gasteiger charge is 2.43. The Morgan fingerprint density at radius 3 is 2.14 bits per heavy atom. The van der Waals surface area contributed by atoms with Gasteiger partial charge in [-0.2, -0.15) is 0 Å². The van der Waals surface area contributed by atoms with Gasteiger partial charge in [0.2, 0.25) is 11.8 Å². The number of phenolic OH excluding ortho intramolecular Hbond substituents is 2. The SMILES string of the molecule is CCOC(=O)CCNC(=O)C(c1ccc(O)c(C)c1)N(C(=O)C(Cc1ccc(O)cc1)NC(=O)OC(C)(C)C)C(C)(C)CC. The molecule has 242 valence electrons. The number of benzene rings is 2. The highest BCUT2D eigenvalue weighted by Crippen LogP contribution is 2.34. The zero-order chi connectivity index (χ0) is 33.2. The number of nitrogens with one attached hydrogen (secondary N) is 2. The molecular weight excluding hydrogens is 566 g/mol. The number of amides is 3. The summed E-state index contributed by atoms with van der Waals surface area (Å²) in [7, 11) is 0. The molecule has 11 nitrogen and oxygen atoms in total. The second kappa shape index (κ2) is 15.4. The van der Waals surface area contributed by atoms with E-state index >= 15 is 0 Å². The number of alkyl carbamates (subject to hydrolysis) is 1. The summed E-state index contributed by atoms with van der Waals surface area (Å²) in [4.78, 5) is 55.0. The van der Waals surface area contributed by atoms with E-state index in [1.165, 1.54) is 23.1 Å². The molecule has 0 spiro atoms. The summed E-state index contributed by atoms with van der Waals surface area (Å²) in [5.74, 6) is -1.49. The van der Waals surface area contributed by atoms with E-state index in [0.717, 1.165) is 0 Å². The Morgan fingerprint density at radius 1 is 0.955 bits per heavy atom. The molecule has 2 unspecified atom stereocenters. The molecule has 44 heavy (non-hydrogen) atoms. The molecule has 0 fully saturated rings. The lowest BCUT2D eigenvalue weighted by atomic mass is 9.90. The average molecular weight is 614 g/mol. The van der Waals surface area contributed by atoms with Crippen LogP contribution in [0.4, 0.5) is 4.79 Å². The van der Waals surface area contributed by atoms with Crippen LogP contribution in [0.5, 0.6) is 11.5 Å². The molecule has 0 aromatic heterocycles. The number of phenols is 2. The van der Waals surface area contributed by atoms with Gasteiger partial charge in [0.05, 0.1) is 13.0 Å². The maximum Gasteiger partial charge on any atom is 0.408 e. The van der Waals surface area contributed by atoms with Crippen molar-refractivity contribution < 1.29 is 38.9 Å². The zero-order valence-electron chi connectivity index (χ0n) is 27.0. The molecule has 0 saturated carbocycles. The largest absolute Gasteiger partial charge is 0.508 e. The van der Waals surface area contributed by atoms with Gasteiger partial charge in [0.25, 0.3) is 0 Å². The van der Waals surface area contributed by atoms with E-state index in [2.05, 4.69) is 10.6 Å². The average Bonchev–Trinajstić information content (AvgIpc) is 2.92. The van der Waals surface area contributed by atoms with Gasteiger partial charge in [-0.05, 0) is 95.8 Å². The van der Waals surface area contributed by atoms with Crippen molar-refractivity contribution in [2.45, 2.75) is 97.9 Å². The van der Waals surface area contributed by atoms with Gasteiger partial charge >= 0.3 is 12.1 Å². The van der Waals surface area contributed by atoms with Gasteiger partial charge in [-0.25, -0.2) is 4.79 Å². The molecule has 2 aromatic carbocycles. The van der Waals surface area contributed by atoms with E-state index in [1.807, 2.05) is 20.8 Å². The minimum absolute atomic E-state index is 0.0209. The van der Waals surface area contributed by atoms with Crippen LogP contribution >= 0.6 is 0 Å². The molecule has 0 aliphatic rings. The third kappa shape index (κ3) is 10.5. The van der Waals surface area contributed by atoms with E-state index in [9.17, 15) is 29.4 Å². The summed E-state index contributed by atoms with van der Waals surface area (Å²) in [6.45, 7) is 14.2. The third-order valence-corrected chi connectivity index (χ3v) is 7.10. The predicted octanol–water partition coefficient (Wildman–Crippen LogP) is 4.67. The highest BCUT2D eigenvalue weighted by atomic mass is 16.6. The summed E-state index contributed by atoms with van der Waals surface area (Å²) in [5, 5.41) is 25.5. The number of hydrogen-bond donors (Lipinski definition) is 4. The minimum atomic E-state index is -1.19. The zero-order valence-corrected chi connectivity index (χ0v) is 27.0. The van der Waals surface area contributed by atoms with Crippen LogP contribution in [0, 0.1) is 6.92 Å². The first-order valence-corrected chi connectivity index (χ1v) is 14.8. The molecule has 0 aliphatic carbocycles. The number of hydrogen-bond acceptors (Lipinski definition) is 8. The molecule has 3 amide bonds. The molecule has 11 heteroatoms. The topological polar surface area (TPSA) is 154 Å². The van der Waals surface area contributed by atoms with Gasteiger partial charge in [0.1, 0.15) is 29.2 Å². The van der Waals surface area contributed by atoms with Crippen LogP contribution < -0.4 is 10.6 Å². The Labute approximate surface area is 259 Å². The van der Waals surface area contributed by atoms with Crippen molar-refractivity contribution >= 4 is 23.9 Å². The Kier molecular flexibility index (Phi) is 12.6. The van der Waals surface area contributed by atoms with Gasteiger partial charge < -0.3 is 35.2 Å². The molecule has 0 heterocycles. The molecule has 2 atom stereocenters. The highest BCUT2D eigenvalue weighted by molar-refractivity contribution is 5.93. The van der Waals surface area contributed by atoms with Crippen molar-refractivity contribution in [1.82, 2.24) is 15.5 Å². The number of carbonyl (C=O) groups excluding carboxylic acids is 4. The fourth-order valence-electron chi connectivity index (χ4n) is 4.51. The summed E-state index contributed by atoms with van der Waals surface area (Å²) in [6, 6.07) is 8.56. The van der Waals surface area contributed by atoms with Crippen molar-refractivity contribution in [3.05, 3.63) is 59.2 Å². The first-order valence-electron chi connectivity index (χ1n) is 14.8. The van der Waals surface area contributed by atoms with Gasteiger partial charge in [-0.15, -0.1) is 0 Å². The molecule has 0 radical (unpaired) electrons. The first kappa shape index (κ1) is 35.9. The second-order valence-corrected chi connectivity index (χ2v) is 12.2. The molecule has 0 saturated heterocycles. The molecule has 0 aliphatic heterocycles. The van der Waals surface area contributed by atoms with Crippen molar-refractivity contribution in [2.24, 2.45) is 0 Å². The maximum absolute atomic E-state index is 14.7. The number of aromatic hydroxyl groups is 2. The number of ether oxygens (including phenoxy) is 2. The van der Waals surface area contributed by atoms with Gasteiger partial charge in [-0.3, -0.25) is 14.4 Å². The van der Waals surface area contributed by atoms with E-state index in [-0.39, 0.29) is 37.5 Å². The molecule has 4 N–H and O–H groups in total. The molecule has 2 aromatic rings.